The minimum absolute atomic E-state index is 0.0990. The van der Waals surface area contributed by atoms with Crippen molar-refractivity contribution >= 4 is 23.3 Å². The molecule has 0 aromatic heterocycles. The van der Waals surface area contributed by atoms with Crippen LogP contribution in [-0.4, -0.2) is 30.6 Å². The van der Waals surface area contributed by atoms with Crippen molar-refractivity contribution in [3.63, 3.8) is 0 Å². The molecule has 0 spiro atoms. The predicted octanol–water partition coefficient (Wildman–Crippen LogP) is 0.515. The molecule has 0 aliphatic rings. The van der Waals surface area contributed by atoms with Crippen LogP contribution in [0.1, 0.15) is 16.8 Å². The zero-order chi connectivity index (χ0) is 12.8. The van der Waals surface area contributed by atoms with Gasteiger partial charge in [-0.3, -0.25) is 4.79 Å². The Bertz CT molecular complexity index is 432. The standard InChI is InChI=1S/C11H15N3O3/c1-13-10(15)4-5-14-9-3-2-7(12)6-8(9)11(16)17/h2-3,6,14H,4-5,12H2,1H3,(H,13,15)(H,16,17). The van der Waals surface area contributed by atoms with Crippen LogP contribution in [0.25, 0.3) is 0 Å². The molecule has 0 unspecified atom stereocenters. The molecule has 0 radical (unpaired) electrons. The third-order valence-electron chi connectivity index (χ3n) is 2.22. The first-order valence-corrected chi connectivity index (χ1v) is 5.12. The third kappa shape index (κ3) is 3.67. The monoisotopic (exact) mass is 237 g/mol. The minimum Gasteiger partial charge on any atom is -0.478 e. The molecule has 0 saturated carbocycles. The number of carbonyl (C=O) groups is 2. The summed E-state index contributed by atoms with van der Waals surface area (Å²) < 4.78 is 0. The summed E-state index contributed by atoms with van der Waals surface area (Å²) in [7, 11) is 1.55. The number of hydrogen-bond donors (Lipinski definition) is 4. The van der Waals surface area contributed by atoms with Gasteiger partial charge in [0.15, 0.2) is 0 Å². The SMILES string of the molecule is CNC(=O)CCNc1ccc(N)cc1C(=O)O. The van der Waals surface area contributed by atoms with Crippen LogP contribution in [-0.2, 0) is 4.79 Å². The van der Waals surface area contributed by atoms with Gasteiger partial charge in [-0.2, -0.15) is 0 Å². The van der Waals surface area contributed by atoms with Crippen molar-refractivity contribution in [3.05, 3.63) is 23.8 Å². The maximum absolute atomic E-state index is 11.0. The fourth-order valence-corrected chi connectivity index (χ4v) is 1.33. The fraction of sp³-hybridized carbons (Fsp3) is 0.273. The number of carboxylic acid groups (broad SMARTS) is 1. The lowest BCUT2D eigenvalue weighted by Crippen LogP contribution is -2.21. The topological polar surface area (TPSA) is 104 Å². The Morgan fingerprint density at radius 2 is 2.12 bits per heavy atom. The van der Waals surface area contributed by atoms with Gasteiger partial charge in [0.05, 0.1) is 5.56 Å². The Kier molecular flexibility index (Phi) is 4.33. The van der Waals surface area contributed by atoms with Crippen molar-refractivity contribution in [2.45, 2.75) is 6.42 Å². The van der Waals surface area contributed by atoms with Crippen molar-refractivity contribution < 1.29 is 14.7 Å². The Labute approximate surface area is 98.8 Å². The van der Waals surface area contributed by atoms with Gasteiger partial charge in [-0.05, 0) is 18.2 Å². The number of benzene rings is 1. The summed E-state index contributed by atoms with van der Waals surface area (Å²) in [6.07, 6.45) is 0.278. The molecule has 0 bridgehead atoms. The predicted molar refractivity (Wildman–Crippen MR) is 65.0 cm³/mol. The zero-order valence-corrected chi connectivity index (χ0v) is 9.49. The van der Waals surface area contributed by atoms with E-state index in [1.54, 1.807) is 19.2 Å². The van der Waals surface area contributed by atoms with E-state index in [4.69, 9.17) is 10.8 Å². The molecule has 0 saturated heterocycles. The summed E-state index contributed by atoms with van der Waals surface area (Å²) in [4.78, 5) is 21.9. The van der Waals surface area contributed by atoms with Crippen LogP contribution in [0.15, 0.2) is 18.2 Å². The van der Waals surface area contributed by atoms with Crippen LogP contribution in [0.4, 0.5) is 11.4 Å². The molecule has 6 heteroatoms. The first-order valence-electron chi connectivity index (χ1n) is 5.12. The number of hydrogen-bond acceptors (Lipinski definition) is 4. The molecular weight excluding hydrogens is 222 g/mol. The van der Waals surface area contributed by atoms with E-state index in [-0.39, 0.29) is 17.9 Å². The Morgan fingerprint density at radius 1 is 1.41 bits per heavy atom. The normalized spacial score (nSPS) is 9.71. The van der Waals surface area contributed by atoms with Crippen LogP contribution in [0.3, 0.4) is 0 Å². The Morgan fingerprint density at radius 3 is 2.71 bits per heavy atom. The minimum atomic E-state index is -1.06. The second-order valence-electron chi connectivity index (χ2n) is 3.46. The average molecular weight is 237 g/mol. The lowest BCUT2D eigenvalue weighted by Gasteiger charge is -2.09. The highest BCUT2D eigenvalue weighted by atomic mass is 16.4. The molecule has 1 amide bonds. The number of amides is 1. The number of aromatic carboxylic acids is 1. The Balaban J connectivity index is 2.70. The Hall–Kier alpha value is -2.24. The van der Waals surface area contributed by atoms with E-state index in [0.717, 1.165) is 0 Å². The highest BCUT2D eigenvalue weighted by molar-refractivity contribution is 5.95. The van der Waals surface area contributed by atoms with Crippen LogP contribution < -0.4 is 16.4 Å². The maximum Gasteiger partial charge on any atom is 0.337 e. The number of nitrogen functional groups attached to an aromatic ring is 1. The van der Waals surface area contributed by atoms with E-state index < -0.39 is 5.97 Å². The van der Waals surface area contributed by atoms with Crippen molar-refractivity contribution in [2.75, 3.05) is 24.6 Å². The number of carboxylic acids is 1. The lowest BCUT2D eigenvalue weighted by molar-refractivity contribution is -0.120. The van der Waals surface area contributed by atoms with Gasteiger partial charge in [0, 0.05) is 31.4 Å². The summed E-state index contributed by atoms with van der Waals surface area (Å²) in [5.74, 6) is -1.16. The fourth-order valence-electron chi connectivity index (χ4n) is 1.33. The molecule has 0 atom stereocenters. The van der Waals surface area contributed by atoms with Gasteiger partial charge in [-0.1, -0.05) is 0 Å². The summed E-state index contributed by atoms with van der Waals surface area (Å²) in [5, 5.41) is 14.3. The van der Waals surface area contributed by atoms with Gasteiger partial charge < -0.3 is 21.5 Å². The molecule has 0 aliphatic carbocycles. The van der Waals surface area contributed by atoms with E-state index in [1.165, 1.54) is 6.07 Å². The van der Waals surface area contributed by atoms with Crippen molar-refractivity contribution in [1.82, 2.24) is 5.32 Å². The van der Waals surface area contributed by atoms with Crippen LogP contribution in [0.2, 0.25) is 0 Å². The summed E-state index contributed by atoms with van der Waals surface area (Å²) in [5.41, 5.74) is 6.45. The smallest absolute Gasteiger partial charge is 0.337 e. The largest absolute Gasteiger partial charge is 0.478 e. The maximum atomic E-state index is 11.0. The number of rotatable bonds is 5. The van der Waals surface area contributed by atoms with Crippen LogP contribution in [0.5, 0.6) is 0 Å². The first-order chi connectivity index (χ1) is 8.04. The van der Waals surface area contributed by atoms with E-state index >= 15 is 0 Å². The second kappa shape index (κ2) is 5.74. The van der Waals surface area contributed by atoms with E-state index in [0.29, 0.717) is 17.9 Å². The molecular formula is C11H15N3O3. The summed E-state index contributed by atoms with van der Waals surface area (Å²) >= 11 is 0. The highest BCUT2D eigenvalue weighted by Gasteiger charge is 2.10. The molecule has 92 valence electrons. The van der Waals surface area contributed by atoms with Crippen molar-refractivity contribution in [3.8, 4) is 0 Å². The molecule has 5 N–H and O–H groups in total. The zero-order valence-electron chi connectivity index (χ0n) is 9.49. The molecule has 1 aromatic carbocycles. The average Bonchev–Trinajstić information content (AvgIpc) is 2.30. The van der Waals surface area contributed by atoms with Crippen molar-refractivity contribution in [1.29, 1.82) is 0 Å². The molecule has 1 aromatic rings. The lowest BCUT2D eigenvalue weighted by atomic mass is 10.1. The molecule has 0 heterocycles. The number of nitrogens with two attached hydrogens (primary N) is 1. The van der Waals surface area contributed by atoms with Gasteiger partial charge in [0.25, 0.3) is 0 Å². The second-order valence-corrected chi connectivity index (χ2v) is 3.46. The van der Waals surface area contributed by atoms with Gasteiger partial charge in [-0.15, -0.1) is 0 Å². The van der Waals surface area contributed by atoms with E-state index in [2.05, 4.69) is 10.6 Å². The first kappa shape index (κ1) is 12.8. The number of anilines is 2. The number of nitrogens with one attached hydrogen (secondary N) is 2. The molecule has 1 rings (SSSR count). The van der Waals surface area contributed by atoms with Gasteiger partial charge in [-0.25, -0.2) is 4.79 Å². The summed E-state index contributed by atoms with van der Waals surface area (Å²) in [6.45, 7) is 0.365. The quantitative estimate of drug-likeness (QED) is 0.559. The molecule has 0 aliphatic heterocycles. The molecule has 6 nitrogen and oxygen atoms in total. The van der Waals surface area contributed by atoms with Crippen LogP contribution >= 0.6 is 0 Å². The summed E-state index contributed by atoms with van der Waals surface area (Å²) in [6, 6.07) is 4.57. The number of carbonyl (C=O) groups excluding carboxylic acids is 1. The van der Waals surface area contributed by atoms with Crippen LogP contribution in [0, 0.1) is 0 Å². The van der Waals surface area contributed by atoms with Gasteiger partial charge in [0.2, 0.25) is 5.91 Å². The van der Waals surface area contributed by atoms with Gasteiger partial charge in [0.1, 0.15) is 0 Å². The molecule has 0 fully saturated rings. The van der Waals surface area contributed by atoms with Gasteiger partial charge >= 0.3 is 5.97 Å². The van der Waals surface area contributed by atoms with E-state index in [1.807, 2.05) is 0 Å². The highest BCUT2D eigenvalue weighted by Crippen LogP contribution is 2.18. The van der Waals surface area contributed by atoms with E-state index in [9.17, 15) is 9.59 Å². The molecule has 17 heavy (non-hydrogen) atoms. The van der Waals surface area contributed by atoms with Crippen molar-refractivity contribution in [2.24, 2.45) is 0 Å². The third-order valence-corrected chi connectivity index (χ3v) is 2.22.